The summed E-state index contributed by atoms with van der Waals surface area (Å²) in [7, 11) is 0. The maximum absolute atomic E-state index is 12.6. The van der Waals surface area contributed by atoms with Crippen molar-refractivity contribution in [2.24, 2.45) is 0 Å². The summed E-state index contributed by atoms with van der Waals surface area (Å²) >= 11 is 0. The summed E-state index contributed by atoms with van der Waals surface area (Å²) in [6.07, 6.45) is 2.08. The number of nitrogens with one attached hydrogen (secondary N) is 3. The Balaban J connectivity index is 1.23. The molecule has 3 aromatic rings. The molecule has 2 amide bonds. The van der Waals surface area contributed by atoms with Crippen LogP contribution in [0, 0.1) is 0 Å². The molecule has 36 heavy (non-hydrogen) atoms. The van der Waals surface area contributed by atoms with Gasteiger partial charge in [0, 0.05) is 24.4 Å². The maximum atomic E-state index is 12.6. The zero-order valence-electron chi connectivity index (χ0n) is 20.1. The molecule has 1 heterocycles. The Bertz CT molecular complexity index is 1130. The number of amides is 2. The summed E-state index contributed by atoms with van der Waals surface area (Å²) in [4.78, 5) is 25.0. The van der Waals surface area contributed by atoms with Gasteiger partial charge in [-0.1, -0.05) is 36.4 Å². The van der Waals surface area contributed by atoms with Crippen molar-refractivity contribution in [1.29, 1.82) is 0 Å². The Morgan fingerprint density at radius 3 is 2.56 bits per heavy atom. The highest BCUT2D eigenvalue weighted by Gasteiger charge is 2.17. The minimum Gasteiger partial charge on any atom is -0.490 e. The van der Waals surface area contributed by atoms with E-state index in [-0.39, 0.29) is 24.5 Å². The first-order chi connectivity index (χ1) is 17.7. The highest BCUT2D eigenvalue weighted by atomic mass is 16.5. The molecule has 4 rings (SSSR count). The predicted octanol–water partition coefficient (Wildman–Crippen LogP) is 4.10. The van der Waals surface area contributed by atoms with Gasteiger partial charge in [-0.15, -0.1) is 0 Å². The third-order valence-corrected chi connectivity index (χ3v) is 5.61. The molecule has 0 aromatic heterocycles. The van der Waals surface area contributed by atoms with Crippen LogP contribution < -0.4 is 25.4 Å². The highest BCUT2D eigenvalue weighted by molar-refractivity contribution is 5.96. The van der Waals surface area contributed by atoms with Crippen molar-refractivity contribution >= 4 is 23.2 Å². The molecule has 0 bridgehead atoms. The molecule has 1 unspecified atom stereocenters. The van der Waals surface area contributed by atoms with E-state index in [4.69, 9.17) is 14.2 Å². The molecule has 3 N–H and O–H groups in total. The van der Waals surface area contributed by atoms with Gasteiger partial charge >= 0.3 is 0 Å². The van der Waals surface area contributed by atoms with Gasteiger partial charge in [0.15, 0.2) is 0 Å². The van der Waals surface area contributed by atoms with Crippen molar-refractivity contribution < 1.29 is 23.8 Å². The number of carbonyl (C=O) groups is 2. The number of rotatable bonds is 12. The molecule has 188 valence electrons. The van der Waals surface area contributed by atoms with Gasteiger partial charge in [0.2, 0.25) is 5.91 Å². The molecule has 1 aliphatic rings. The minimum absolute atomic E-state index is 0.0342. The number of ether oxygens (including phenoxy) is 3. The molecule has 0 radical (unpaired) electrons. The van der Waals surface area contributed by atoms with Crippen molar-refractivity contribution in [3.63, 3.8) is 0 Å². The molecule has 1 aliphatic heterocycles. The number of para-hydroxylation sites is 3. The van der Waals surface area contributed by atoms with E-state index in [1.165, 1.54) is 0 Å². The molecule has 0 spiro atoms. The van der Waals surface area contributed by atoms with Crippen LogP contribution in [0.4, 0.5) is 11.4 Å². The van der Waals surface area contributed by atoms with E-state index in [2.05, 4.69) is 16.0 Å². The Labute approximate surface area is 211 Å². The lowest BCUT2D eigenvalue weighted by atomic mass is 10.1. The van der Waals surface area contributed by atoms with Gasteiger partial charge in [0.1, 0.15) is 24.7 Å². The lowest BCUT2D eigenvalue weighted by Crippen LogP contribution is -2.31. The van der Waals surface area contributed by atoms with E-state index in [0.29, 0.717) is 42.4 Å². The lowest BCUT2D eigenvalue weighted by Gasteiger charge is -2.14. The van der Waals surface area contributed by atoms with Crippen LogP contribution in [0.15, 0.2) is 78.9 Å². The molecule has 1 atom stereocenters. The molecule has 8 nitrogen and oxygen atoms in total. The summed E-state index contributed by atoms with van der Waals surface area (Å²) in [5.74, 6) is 0.936. The van der Waals surface area contributed by atoms with E-state index < -0.39 is 0 Å². The van der Waals surface area contributed by atoms with Gasteiger partial charge < -0.3 is 30.2 Å². The third kappa shape index (κ3) is 7.74. The van der Waals surface area contributed by atoms with E-state index in [1.807, 2.05) is 48.5 Å². The summed E-state index contributed by atoms with van der Waals surface area (Å²) in [6.45, 7) is 2.00. The van der Waals surface area contributed by atoms with Crippen molar-refractivity contribution in [2.45, 2.75) is 18.9 Å². The molecular formula is C28H31N3O5. The fourth-order valence-electron chi connectivity index (χ4n) is 3.78. The van der Waals surface area contributed by atoms with Crippen LogP contribution in [0.2, 0.25) is 0 Å². The molecule has 8 heteroatoms. The van der Waals surface area contributed by atoms with Crippen LogP contribution >= 0.6 is 0 Å². The number of benzene rings is 3. The van der Waals surface area contributed by atoms with Gasteiger partial charge in [0.25, 0.3) is 5.91 Å². The smallest absolute Gasteiger partial charge is 0.251 e. The van der Waals surface area contributed by atoms with E-state index in [1.54, 1.807) is 30.3 Å². The average Bonchev–Trinajstić information content (AvgIpc) is 3.44. The van der Waals surface area contributed by atoms with E-state index in [0.717, 1.165) is 25.2 Å². The molecule has 0 saturated carbocycles. The molecular weight excluding hydrogens is 458 g/mol. The molecule has 1 fully saturated rings. The van der Waals surface area contributed by atoms with Crippen LogP contribution in [0.25, 0.3) is 0 Å². The fourth-order valence-corrected chi connectivity index (χ4v) is 3.78. The third-order valence-electron chi connectivity index (χ3n) is 5.61. The second-order valence-electron chi connectivity index (χ2n) is 8.33. The molecule has 3 aromatic carbocycles. The predicted molar refractivity (Wildman–Crippen MR) is 139 cm³/mol. The average molecular weight is 490 g/mol. The standard InChI is InChI=1S/C28H31N3O5/c32-27(20-29-22-9-6-8-21(18-22)28(33)30-19-24-12-7-15-34-24)31-25-13-4-5-14-26(25)36-17-16-35-23-10-2-1-3-11-23/h1-6,8-11,13-14,18,24,29H,7,12,15-17,19-20H2,(H,30,33)(H,31,32). The first kappa shape index (κ1) is 25.1. The first-order valence-electron chi connectivity index (χ1n) is 12.1. The number of hydrogen-bond acceptors (Lipinski definition) is 6. The second-order valence-corrected chi connectivity index (χ2v) is 8.33. The molecule has 1 saturated heterocycles. The summed E-state index contributed by atoms with van der Waals surface area (Å²) in [5, 5.41) is 8.85. The van der Waals surface area contributed by atoms with Crippen LogP contribution in [0.1, 0.15) is 23.2 Å². The minimum atomic E-state index is -0.236. The van der Waals surface area contributed by atoms with Gasteiger partial charge in [0.05, 0.1) is 18.3 Å². The topological polar surface area (TPSA) is 97.9 Å². The Kier molecular flexibility index (Phi) is 9.16. The van der Waals surface area contributed by atoms with Crippen molar-refractivity contribution in [1.82, 2.24) is 5.32 Å². The largest absolute Gasteiger partial charge is 0.490 e. The summed E-state index contributed by atoms with van der Waals surface area (Å²) in [5.41, 5.74) is 1.78. The van der Waals surface area contributed by atoms with E-state index >= 15 is 0 Å². The quantitative estimate of drug-likeness (QED) is 0.332. The van der Waals surface area contributed by atoms with Crippen LogP contribution in [-0.2, 0) is 9.53 Å². The number of hydrogen-bond donors (Lipinski definition) is 3. The van der Waals surface area contributed by atoms with Crippen LogP contribution in [0.5, 0.6) is 11.5 Å². The zero-order chi connectivity index (χ0) is 25.0. The highest BCUT2D eigenvalue weighted by Crippen LogP contribution is 2.24. The maximum Gasteiger partial charge on any atom is 0.251 e. The van der Waals surface area contributed by atoms with Crippen molar-refractivity contribution in [2.75, 3.05) is 43.5 Å². The van der Waals surface area contributed by atoms with Crippen LogP contribution in [-0.4, -0.2) is 50.8 Å². The van der Waals surface area contributed by atoms with Gasteiger partial charge in [-0.05, 0) is 55.3 Å². The zero-order valence-corrected chi connectivity index (χ0v) is 20.1. The summed E-state index contributed by atoms with van der Waals surface area (Å²) in [6, 6.07) is 23.8. The monoisotopic (exact) mass is 489 g/mol. The Morgan fingerprint density at radius 1 is 0.917 bits per heavy atom. The number of anilines is 2. The Morgan fingerprint density at radius 2 is 1.72 bits per heavy atom. The fraction of sp³-hybridized carbons (Fsp3) is 0.286. The van der Waals surface area contributed by atoms with E-state index in [9.17, 15) is 9.59 Å². The Hall–Kier alpha value is -4.04. The lowest BCUT2D eigenvalue weighted by molar-refractivity contribution is -0.114. The normalized spacial score (nSPS) is 14.6. The first-order valence-corrected chi connectivity index (χ1v) is 12.1. The summed E-state index contributed by atoms with van der Waals surface area (Å²) < 4.78 is 17.0. The van der Waals surface area contributed by atoms with Crippen LogP contribution in [0.3, 0.4) is 0 Å². The van der Waals surface area contributed by atoms with Crippen molar-refractivity contribution in [3.8, 4) is 11.5 Å². The van der Waals surface area contributed by atoms with Gasteiger partial charge in [-0.2, -0.15) is 0 Å². The SMILES string of the molecule is O=C(CNc1cccc(C(=O)NCC2CCCO2)c1)Nc1ccccc1OCCOc1ccccc1. The van der Waals surface area contributed by atoms with Crippen molar-refractivity contribution in [3.05, 3.63) is 84.4 Å². The number of carbonyl (C=O) groups excluding carboxylic acids is 2. The molecule has 0 aliphatic carbocycles. The van der Waals surface area contributed by atoms with Gasteiger partial charge in [-0.25, -0.2) is 0 Å². The van der Waals surface area contributed by atoms with Gasteiger partial charge in [-0.3, -0.25) is 9.59 Å². The second kappa shape index (κ2) is 13.2.